The van der Waals surface area contributed by atoms with Gasteiger partial charge < -0.3 is 0 Å². The number of halogens is 2. The maximum atomic E-state index is 2.57. The van der Waals surface area contributed by atoms with Crippen molar-refractivity contribution in [3.63, 3.8) is 0 Å². The van der Waals surface area contributed by atoms with Gasteiger partial charge in [-0.1, -0.05) is 52.1 Å². The van der Waals surface area contributed by atoms with Gasteiger partial charge in [-0.3, -0.25) is 0 Å². The summed E-state index contributed by atoms with van der Waals surface area (Å²) < 4.78 is 1.91. The monoisotopic (exact) mass is 336 g/mol. The van der Waals surface area contributed by atoms with E-state index in [2.05, 4.69) is 52.1 Å². The summed E-state index contributed by atoms with van der Waals surface area (Å²) in [4.78, 5) is 0. The Bertz CT molecular complexity index is 72.6. The van der Waals surface area contributed by atoms with Crippen LogP contribution in [-0.4, -0.2) is 7.85 Å². The van der Waals surface area contributed by atoms with Gasteiger partial charge in [0.2, 0.25) is 0 Å². The first-order chi connectivity index (χ1) is 3.72. The lowest BCUT2D eigenvalue weighted by molar-refractivity contribution is 0.668. The lowest BCUT2D eigenvalue weighted by atomic mass is 10.1. The van der Waals surface area contributed by atoms with Gasteiger partial charge >= 0.3 is 0 Å². The van der Waals surface area contributed by atoms with Crippen molar-refractivity contribution < 1.29 is 0 Å². The standard InChI is InChI=1S/C6H10I2/c1-4-5(7)2-3-6(4)8/h4-6H,2-3H2,1H3/t4-,5-,6+. The first-order valence-electron chi connectivity index (χ1n) is 3.00. The van der Waals surface area contributed by atoms with E-state index in [1.807, 2.05) is 0 Å². The summed E-state index contributed by atoms with van der Waals surface area (Å²) in [6.45, 7) is 2.36. The quantitative estimate of drug-likeness (QED) is 0.471. The lowest BCUT2D eigenvalue weighted by Gasteiger charge is -2.08. The summed E-state index contributed by atoms with van der Waals surface area (Å²) in [5.74, 6) is 0.955. The second-order valence-electron chi connectivity index (χ2n) is 2.47. The van der Waals surface area contributed by atoms with E-state index in [0.29, 0.717) is 0 Å². The first-order valence-corrected chi connectivity index (χ1v) is 5.49. The fraction of sp³-hybridized carbons (Fsp3) is 1.00. The van der Waals surface area contributed by atoms with Crippen LogP contribution >= 0.6 is 45.2 Å². The van der Waals surface area contributed by atoms with Crippen molar-refractivity contribution in [2.75, 3.05) is 0 Å². The summed E-state index contributed by atoms with van der Waals surface area (Å²) in [6, 6.07) is 0. The number of hydrogen-bond acceptors (Lipinski definition) is 0. The van der Waals surface area contributed by atoms with Gasteiger partial charge in [-0.25, -0.2) is 0 Å². The Kier molecular flexibility index (Phi) is 2.87. The Hall–Kier alpha value is 1.46. The van der Waals surface area contributed by atoms with E-state index in [9.17, 15) is 0 Å². The predicted octanol–water partition coefficient (Wildman–Crippen LogP) is 3.02. The maximum absolute atomic E-state index is 2.57. The molecule has 0 radical (unpaired) electrons. The predicted molar refractivity (Wildman–Crippen MR) is 54.0 cm³/mol. The van der Waals surface area contributed by atoms with E-state index < -0.39 is 0 Å². The van der Waals surface area contributed by atoms with Gasteiger partial charge in [-0.05, 0) is 18.8 Å². The summed E-state index contributed by atoms with van der Waals surface area (Å²) in [6.07, 6.45) is 2.88. The molecule has 0 aliphatic heterocycles. The van der Waals surface area contributed by atoms with Gasteiger partial charge in [0.25, 0.3) is 0 Å². The van der Waals surface area contributed by atoms with Crippen LogP contribution in [0.15, 0.2) is 0 Å². The van der Waals surface area contributed by atoms with E-state index in [1.54, 1.807) is 0 Å². The van der Waals surface area contributed by atoms with Crippen LogP contribution < -0.4 is 0 Å². The van der Waals surface area contributed by atoms with Crippen LogP contribution in [0.1, 0.15) is 19.8 Å². The minimum absolute atomic E-state index is 0.953. The molecule has 0 aromatic carbocycles. The highest BCUT2D eigenvalue weighted by Crippen LogP contribution is 2.36. The van der Waals surface area contributed by atoms with E-state index in [4.69, 9.17) is 0 Å². The molecule has 0 aromatic rings. The van der Waals surface area contributed by atoms with Crippen molar-refractivity contribution in [2.24, 2.45) is 5.92 Å². The summed E-state index contributed by atoms with van der Waals surface area (Å²) in [5.41, 5.74) is 0. The smallest absolute Gasteiger partial charge is 0.0146 e. The molecule has 2 heteroatoms. The molecule has 1 aliphatic carbocycles. The average Bonchev–Trinajstić information content (AvgIpc) is 1.98. The lowest BCUT2D eigenvalue weighted by Crippen LogP contribution is -2.08. The van der Waals surface area contributed by atoms with Gasteiger partial charge in [0.05, 0.1) is 0 Å². The van der Waals surface area contributed by atoms with Crippen LogP contribution in [0.5, 0.6) is 0 Å². The van der Waals surface area contributed by atoms with Crippen molar-refractivity contribution in [3.05, 3.63) is 0 Å². The van der Waals surface area contributed by atoms with Crippen molar-refractivity contribution in [1.29, 1.82) is 0 Å². The number of hydrogen-bond donors (Lipinski definition) is 0. The zero-order valence-corrected chi connectivity index (χ0v) is 9.22. The highest BCUT2D eigenvalue weighted by Gasteiger charge is 2.28. The van der Waals surface area contributed by atoms with Gasteiger partial charge in [0.15, 0.2) is 0 Å². The SMILES string of the molecule is C[C@@H]1[C@H](I)CC[C@@H]1I. The van der Waals surface area contributed by atoms with Crippen molar-refractivity contribution in [1.82, 2.24) is 0 Å². The van der Waals surface area contributed by atoms with E-state index in [1.165, 1.54) is 12.8 Å². The Morgan fingerprint density at radius 3 is 1.62 bits per heavy atom. The molecule has 0 N–H and O–H groups in total. The van der Waals surface area contributed by atoms with Crippen LogP contribution in [0.2, 0.25) is 0 Å². The highest BCUT2D eigenvalue weighted by atomic mass is 127. The van der Waals surface area contributed by atoms with Crippen LogP contribution in [-0.2, 0) is 0 Å². The molecule has 0 bridgehead atoms. The molecule has 0 amide bonds. The highest BCUT2D eigenvalue weighted by molar-refractivity contribution is 14.1. The first kappa shape index (κ1) is 7.57. The molecule has 48 valence electrons. The van der Waals surface area contributed by atoms with Gasteiger partial charge in [0, 0.05) is 7.85 Å². The van der Waals surface area contributed by atoms with Crippen LogP contribution in [0.25, 0.3) is 0 Å². The van der Waals surface area contributed by atoms with E-state index in [0.717, 1.165) is 13.8 Å². The molecule has 1 saturated carbocycles. The molecule has 0 aromatic heterocycles. The van der Waals surface area contributed by atoms with Crippen LogP contribution in [0.4, 0.5) is 0 Å². The molecular formula is C6H10I2. The number of alkyl halides is 2. The van der Waals surface area contributed by atoms with Crippen LogP contribution in [0, 0.1) is 5.92 Å². The molecule has 1 aliphatic rings. The van der Waals surface area contributed by atoms with Crippen molar-refractivity contribution in [2.45, 2.75) is 27.6 Å². The van der Waals surface area contributed by atoms with Crippen molar-refractivity contribution in [3.8, 4) is 0 Å². The molecule has 0 nitrogen and oxygen atoms in total. The van der Waals surface area contributed by atoms with E-state index >= 15 is 0 Å². The minimum Gasteiger partial charge on any atom is -0.0823 e. The summed E-state index contributed by atoms with van der Waals surface area (Å²) >= 11 is 5.14. The second-order valence-corrected chi connectivity index (χ2v) is 5.67. The third kappa shape index (κ3) is 1.49. The third-order valence-corrected chi connectivity index (χ3v) is 5.37. The molecular weight excluding hydrogens is 326 g/mol. The van der Waals surface area contributed by atoms with E-state index in [-0.39, 0.29) is 0 Å². The Labute approximate surface area is 78.1 Å². The summed E-state index contributed by atoms with van der Waals surface area (Å²) in [7, 11) is 0. The Balaban J connectivity index is 2.44. The molecule has 1 fully saturated rings. The second kappa shape index (κ2) is 3.03. The van der Waals surface area contributed by atoms with Gasteiger partial charge in [-0.2, -0.15) is 0 Å². The zero-order valence-electron chi connectivity index (χ0n) is 4.90. The minimum atomic E-state index is 0.953. The average molecular weight is 336 g/mol. The zero-order chi connectivity index (χ0) is 6.15. The van der Waals surface area contributed by atoms with Crippen LogP contribution in [0.3, 0.4) is 0 Å². The molecule has 0 heterocycles. The fourth-order valence-corrected chi connectivity index (χ4v) is 3.59. The molecule has 1 rings (SSSR count). The Morgan fingerprint density at radius 2 is 1.50 bits per heavy atom. The summed E-state index contributed by atoms with van der Waals surface area (Å²) in [5, 5.41) is 0. The molecule has 0 saturated heterocycles. The Morgan fingerprint density at radius 1 is 1.12 bits per heavy atom. The van der Waals surface area contributed by atoms with Gasteiger partial charge in [0.1, 0.15) is 0 Å². The normalized spacial score (nSPS) is 47.6. The van der Waals surface area contributed by atoms with Gasteiger partial charge in [-0.15, -0.1) is 0 Å². The molecule has 0 unspecified atom stereocenters. The third-order valence-electron chi connectivity index (χ3n) is 1.86. The maximum Gasteiger partial charge on any atom is 0.0146 e. The number of rotatable bonds is 0. The fourth-order valence-electron chi connectivity index (χ4n) is 1.07. The topological polar surface area (TPSA) is 0 Å². The van der Waals surface area contributed by atoms with Crippen molar-refractivity contribution >= 4 is 45.2 Å². The molecule has 8 heavy (non-hydrogen) atoms. The molecule has 3 atom stereocenters. The largest absolute Gasteiger partial charge is 0.0823 e. The molecule has 0 spiro atoms.